The summed E-state index contributed by atoms with van der Waals surface area (Å²) < 4.78 is 23.0. The predicted molar refractivity (Wildman–Crippen MR) is 146 cm³/mol. The van der Waals surface area contributed by atoms with Crippen molar-refractivity contribution in [2.45, 2.75) is 90.9 Å². The lowest BCUT2D eigenvalue weighted by atomic mass is 10.1. The molecule has 1 aromatic carbocycles. The SMILES string of the molecule is CCCCCCCCOc1cc2nsnc2c(-c2ccc(Br)s2)c1OCCCCCCCC. The fraction of sp³-hybridized carbons (Fsp3) is 0.615. The Morgan fingerprint density at radius 1 is 0.788 bits per heavy atom. The molecular weight excluding hydrogens is 516 g/mol. The number of halogens is 1. The Bertz CT molecular complexity index is 957. The van der Waals surface area contributed by atoms with Gasteiger partial charge < -0.3 is 9.47 Å². The van der Waals surface area contributed by atoms with Crippen LogP contribution in [0.25, 0.3) is 21.5 Å². The van der Waals surface area contributed by atoms with Crippen molar-refractivity contribution >= 4 is 50.0 Å². The molecule has 0 radical (unpaired) electrons. The van der Waals surface area contributed by atoms with Crippen molar-refractivity contribution in [1.82, 2.24) is 8.75 Å². The van der Waals surface area contributed by atoms with Crippen molar-refractivity contribution in [1.29, 1.82) is 0 Å². The summed E-state index contributed by atoms with van der Waals surface area (Å²) >= 11 is 6.55. The molecule has 0 unspecified atom stereocenters. The lowest BCUT2D eigenvalue weighted by Crippen LogP contribution is -2.04. The molecule has 0 saturated heterocycles. The van der Waals surface area contributed by atoms with Crippen LogP contribution in [0, 0.1) is 0 Å². The average Bonchev–Trinajstić information content (AvgIpc) is 3.46. The molecule has 182 valence electrons. The predicted octanol–water partition coefficient (Wildman–Crippen LogP) is 9.66. The van der Waals surface area contributed by atoms with E-state index in [1.54, 1.807) is 11.3 Å². The van der Waals surface area contributed by atoms with E-state index in [2.05, 4.69) is 50.7 Å². The molecule has 0 aliphatic heterocycles. The van der Waals surface area contributed by atoms with Crippen LogP contribution in [0.1, 0.15) is 90.9 Å². The van der Waals surface area contributed by atoms with Gasteiger partial charge in [-0.05, 0) is 40.9 Å². The summed E-state index contributed by atoms with van der Waals surface area (Å²) in [5, 5.41) is 0. The van der Waals surface area contributed by atoms with Crippen LogP contribution in [0.15, 0.2) is 22.0 Å². The smallest absolute Gasteiger partial charge is 0.172 e. The van der Waals surface area contributed by atoms with Gasteiger partial charge in [0.05, 0.1) is 34.3 Å². The molecule has 0 aliphatic carbocycles. The summed E-state index contributed by atoms with van der Waals surface area (Å²) in [5.74, 6) is 1.62. The number of hydrogen-bond acceptors (Lipinski definition) is 6. The van der Waals surface area contributed by atoms with E-state index < -0.39 is 0 Å². The molecule has 7 heteroatoms. The zero-order valence-corrected chi connectivity index (χ0v) is 23.3. The maximum atomic E-state index is 6.43. The second-order valence-corrected chi connectivity index (χ2v) is 11.5. The first kappa shape index (κ1) is 26.4. The Labute approximate surface area is 215 Å². The summed E-state index contributed by atoms with van der Waals surface area (Å²) in [6.45, 7) is 5.91. The number of ether oxygens (including phenoxy) is 2. The first-order chi connectivity index (χ1) is 16.2. The Balaban J connectivity index is 1.74. The Morgan fingerprint density at radius 2 is 1.42 bits per heavy atom. The number of aromatic nitrogens is 2. The molecule has 0 spiro atoms. The minimum atomic E-state index is 0.697. The molecule has 0 fully saturated rings. The van der Waals surface area contributed by atoms with Crippen molar-refractivity contribution in [2.24, 2.45) is 0 Å². The fourth-order valence-electron chi connectivity index (χ4n) is 3.93. The van der Waals surface area contributed by atoms with Crippen LogP contribution >= 0.6 is 39.0 Å². The van der Waals surface area contributed by atoms with E-state index in [0.717, 1.165) is 49.6 Å². The highest BCUT2D eigenvalue weighted by Gasteiger charge is 2.22. The van der Waals surface area contributed by atoms with Gasteiger partial charge in [-0.3, -0.25) is 0 Å². The quantitative estimate of drug-likeness (QED) is 0.156. The van der Waals surface area contributed by atoms with Gasteiger partial charge in [0.2, 0.25) is 0 Å². The van der Waals surface area contributed by atoms with E-state index in [4.69, 9.17) is 9.47 Å². The van der Waals surface area contributed by atoms with Gasteiger partial charge in [0.1, 0.15) is 11.0 Å². The topological polar surface area (TPSA) is 44.2 Å². The van der Waals surface area contributed by atoms with Crippen LogP contribution < -0.4 is 9.47 Å². The fourth-order valence-corrected chi connectivity index (χ4v) is 5.90. The highest BCUT2D eigenvalue weighted by atomic mass is 79.9. The van der Waals surface area contributed by atoms with E-state index >= 15 is 0 Å². The summed E-state index contributed by atoms with van der Waals surface area (Å²) in [6.07, 6.45) is 14.9. The van der Waals surface area contributed by atoms with Gasteiger partial charge in [0, 0.05) is 10.9 Å². The van der Waals surface area contributed by atoms with E-state index in [1.165, 1.54) is 75.9 Å². The van der Waals surface area contributed by atoms with Crippen molar-refractivity contribution in [3.8, 4) is 21.9 Å². The molecule has 0 amide bonds. The van der Waals surface area contributed by atoms with Gasteiger partial charge in [-0.15, -0.1) is 11.3 Å². The average molecular weight is 554 g/mol. The van der Waals surface area contributed by atoms with Crippen LogP contribution in [0.5, 0.6) is 11.5 Å². The molecular formula is C26H37BrN2O2S2. The monoisotopic (exact) mass is 552 g/mol. The third kappa shape index (κ3) is 8.22. The zero-order chi connectivity index (χ0) is 23.3. The second-order valence-electron chi connectivity index (χ2n) is 8.55. The van der Waals surface area contributed by atoms with E-state index in [-0.39, 0.29) is 0 Å². The minimum absolute atomic E-state index is 0.697. The van der Waals surface area contributed by atoms with Crippen LogP contribution in [0.2, 0.25) is 0 Å². The van der Waals surface area contributed by atoms with Gasteiger partial charge in [-0.2, -0.15) is 8.75 Å². The van der Waals surface area contributed by atoms with Crippen molar-refractivity contribution in [3.63, 3.8) is 0 Å². The maximum Gasteiger partial charge on any atom is 0.172 e. The van der Waals surface area contributed by atoms with Crippen LogP contribution in [0.3, 0.4) is 0 Å². The van der Waals surface area contributed by atoms with Crippen molar-refractivity contribution in [2.75, 3.05) is 13.2 Å². The lowest BCUT2D eigenvalue weighted by molar-refractivity contribution is 0.260. The Kier molecular flexibility index (Phi) is 12.0. The number of nitrogens with zero attached hydrogens (tertiary/aromatic N) is 2. The van der Waals surface area contributed by atoms with E-state index in [9.17, 15) is 0 Å². The minimum Gasteiger partial charge on any atom is -0.490 e. The summed E-state index contributed by atoms with van der Waals surface area (Å²) in [6, 6.07) is 6.21. The molecule has 4 nitrogen and oxygen atoms in total. The highest BCUT2D eigenvalue weighted by molar-refractivity contribution is 9.11. The van der Waals surface area contributed by atoms with Crippen LogP contribution in [-0.4, -0.2) is 22.0 Å². The molecule has 0 bridgehead atoms. The van der Waals surface area contributed by atoms with Crippen LogP contribution in [-0.2, 0) is 0 Å². The molecule has 0 N–H and O–H groups in total. The number of unbranched alkanes of at least 4 members (excludes halogenated alkanes) is 10. The molecule has 0 aliphatic rings. The lowest BCUT2D eigenvalue weighted by Gasteiger charge is -2.17. The number of hydrogen-bond donors (Lipinski definition) is 0. The summed E-state index contributed by atoms with van der Waals surface area (Å²) in [5.41, 5.74) is 2.80. The molecule has 3 rings (SSSR count). The van der Waals surface area contributed by atoms with Gasteiger partial charge in [-0.1, -0.05) is 78.1 Å². The molecule has 0 atom stereocenters. The summed E-state index contributed by atoms with van der Waals surface area (Å²) in [4.78, 5) is 1.13. The molecule has 3 aromatic rings. The third-order valence-electron chi connectivity index (χ3n) is 5.79. The van der Waals surface area contributed by atoms with Gasteiger partial charge in [0.25, 0.3) is 0 Å². The van der Waals surface area contributed by atoms with Gasteiger partial charge >= 0.3 is 0 Å². The summed E-state index contributed by atoms with van der Waals surface area (Å²) in [7, 11) is 0. The van der Waals surface area contributed by atoms with E-state index in [0.29, 0.717) is 13.2 Å². The maximum absolute atomic E-state index is 6.43. The van der Waals surface area contributed by atoms with Gasteiger partial charge in [-0.25, -0.2) is 0 Å². The Morgan fingerprint density at radius 3 is 2.06 bits per heavy atom. The van der Waals surface area contributed by atoms with Crippen molar-refractivity contribution in [3.05, 3.63) is 22.0 Å². The number of fused-ring (bicyclic) bond motifs is 1. The number of benzene rings is 1. The number of thiophene rings is 1. The zero-order valence-electron chi connectivity index (χ0n) is 20.0. The van der Waals surface area contributed by atoms with Crippen molar-refractivity contribution < 1.29 is 9.47 Å². The van der Waals surface area contributed by atoms with E-state index in [1.807, 2.05) is 6.07 Å². The molecule has 33 heavy (non-hydrogen) atoms. The largest absolute Gasteiger partial charge is 0.490 e. The standard InChI is InChI=1S/C26H37BrN2O2S2/c1-3-5-7-9-11-13-17-30-21-19-20-25(29-33-28-20)24(22-15-16-23(27)32-22)26(21)31-18-14-12-10-8-6-4-2/h15-16,19H,3-14,17-18H2,1-2H3. The van der Waals surface area contributed by atoms with Crippen LogP contribution in [0.4, 0.5) is 0 Å². The highest BCUT2D eigenvalue weighted by Crippen LogP contribution is 2.46. The second kappa shape index (κ2) is 14.9. The number of rotatable bonds is 17. The molecule has 2 heterocycles. The molecule has 0 saturated carbocycles. The van der Waals surface area contributed by atoms with Gasteiger partial charge in [0.15, 0.2) is 11.5 Å². The Hall–Kier alpha value is -1.18. The third-order valence-corrected chi connectivity index (χ3v) is 7.97. The molecule has 2 aromatic heterocycles. The first-order valence-corrected chi connectivity index (χ1v) is 14.9. The normalized spacial score (nSPS) is 11.4. The first-order valence-electron chi connectivity index (χ1n) is 12.5.